The lowest BCUT2D eigenvalue weighted by Gasteiger charge is -2.50. The highest BCUT2D eigenvalue weighted by Gasteiger charge is 2.54. The summed E-state index contributed by atoms with van der Waals surface area (Å²) in [5, 5.41) is 23.6. The Hall–Kier alpha value is -3.44. The Morgan fingerprint density at radius 1 is 0.697 bits per heavy atom. The topological polar surface area (TPSA) is 86.6 Å². The molecule has 0 fully saturated rings. The molecule has 0 aliphatic rings. The summed E-state index contributed by atoms with van der Waals surface area (Å²) < 4.78 is 0. The Labute approximate surface area is 195 Å². The molecule has 0 aliphatic heterocycles. The van der Waals surface area contributed by atoms with Gasteiger partial charge in [0.05, 0.1) is 5.54 Å². The minimum absolute atomic E-state index is 0.0740. The molecule has 33 heavy (non-hydrogen) atoms. The first-order valence-corrected chi connectivity index (χ1v) is 11.0. The van der Waals surface area contributed by atoms with Crippen molar-refractivity contribution in [2.45, 2.75) is 44.7 Å². The minimum Gasteiger partial charge on any atom is -0.481 e. The SMILES string of the molecule is CC(C)(C)[C@@](CCC(=O)O)(NC(c1ccccc1)(c1ccccc1)c1ccccc1)C(=O)O. The summed E-state index contributed by atoms with van der Waals surface area (Å²) in [7, 11) is 0. The van der Waals surface area contributed by atoms with Gasteiger partial charge in [0.25, 0.3) is 0 Å². The highest BCUT2D eigenvalue weighted by molar-refractivity contribution is 5.81. The molecule has 3 N–H and O–H groups in total. The Kier molecular flexibility index (Phi) is 7.04. The highest BCUT2D eigenvalue weighted by Crippen LogP contribution is 2.44. The van der Waals surface area contributed by atoms with Crippen molar-refractivity contribution in [3.8, 4) is 0 Å². The predicted molar refractivity (Wildman–Crippen MR) is 129 cm³/mol. The molecule has 3 rings (SSSR count). The standard InChI is InChI=1S/C28H31NO4/c1-26(2,3)27(25(32)33,20-19-24(30)31)29-28(21-13-7-4-8-14-21,22-15-9-5-10-16-22)23-17-11-6-12-18-23/h4-18,29H,19-20H2,1-3H3,(H,30,31)(H,32,33)/t27-/m0/s1. The quantitative estimate of drug-likeness (QED) is 0.389. The molecule has 5 nitrogen and oxygen atoms in total. The lowest BCUT2D eigenvalue weighted by Crippen LogP contribution is -2.67. The second-order valence-electron chi connectivity index (χ2n) is 9.33. The second kappa shape index (κ2) is 9.59. The average molecular weight is 446 g/mol. The molecule has 5 heteroatoms. The first-order valence-electron chi connectivity index (χ1n) is 11.0. The molecule has 0 heterocycles. The van der Waals surface area contributed by atoms with Crippen molar-refractivity contribution in [2.24, 2.45) is 5.41 Å². The van der Waals surface area contributed by atoms with E-state index < -0.39 is 28.4 Å². The fourth-order valence-corrected chi connectivity index (χ4v) is 4.50. The summed E-state index contributed by atoms with van der Waals surface area (Å²) in [5.74, 6) is -2.11. The number of benzene rings is 3. The van der Waals surface area contributed by atoms with Crippen molar-refractivity contribution in [3.05, 3.63) is 108 Å². The molecule has 0 radical (unpaired) electrons. The van der Waals surface area contributed by atoms with Crippen LogP contribution in [0.1, 0.15) is 50.3 Å². The number of hydrogen-bond acceptors (Lipinski definition) is 3. The lowest BCUT2D eigenvalue weighted by molar-refractivity contribution is -0.152. The van der Waals surface area contributed by atoms with Crippen LogP contribution in [0, 0.1) is 5.41 Å². The summed E-state index contributed by atoms with van der Waals surface area (Å²) in [4.78, 5) is 24.5. The van der Waals surface area contributed by atoms with Gasteiger partial charge in [-0.15, -0.1) is 0 Å². The zero-order valence-corrected chi connectivity index (χ0v) is 19.3. The van der Waals surface area contributed by atoms with Gasteiger partial charge < -0.3 is 10.2 Å². The van der Waals surface area contributed by atoms with Crippen LogP contribution in [-0.4, -0.2) is 27.7 Å². The fraction of sp³-hybridized carbons (Fsp3) is 0.286. The third-order valence-electron chi connectivity index (χ3n) is 6.38. The molecule has 0 saturated carbocycles. The molecule has 0 aromatic heterocycles. The van der Waals surface area contributed by atoms with Crippen LogP contribution in [0.3, 0.4) is 0 Å². The monoisotopic (exact) mass is 445 g/mol. The Morgan fingerprint density at radius 2 is 1.06 bits per heavy atom. The molecule has 0 saturated heterocycles. The Balaban J connectivity index is 2.39. The zero-order chi connectivity index (χ0) is 24.1. The lowest BCUT2D eigenvalue weighted by atomic mass is 9.66. The van der Waals surface area contributed by atoms with Gasteiger partial charge >= 0.3 is 11.9 Å². The number of nitrogens with one attached hydrogen (secondary N) is 1. The van der Waals surface area contributed by atoms with Crippen LogP contribution < -0.4 is 5.32 Å². The Morgan fingerprint density at radius 3 is 1.33 bits per heavy atom. The molecule has 0 amide bonds. The molecule has 0 aliphatic carbocycles. The van der Waals surface area contributed by atoms with E-state index in [0.717, 1.165) is 16.7 Å². The van der Waals surface area contributed by atoms with E-state index in [4.69, 9.17) is 0 Å². The van der Waals surface area contributed by atoms with Gasteiger partial charge in [0.1, 0.15) is 5.54 Å². The van der Waals surface area contributed by atoms with E-state index in [-0.39, 0.29) is 12.8 Å². The van der Waals surface area contributed by atoms with Gasteiger partial charge in [-0.2, -0.15) is 0 Å². The molecule has 0 bridgehead atoms. The molecular weight excluding hydrogens is 414 g/mol. The first kappa shape index (κ1) is 24.2. The van der Waals surface area contributed by atoms with Crippen molar-refractivity contribution in [2.75, 3.05) is 0 Å². The first-order chi connectivity index (χ1) is 15.6. The van der Waals surface area contributed by atoms with Crippen molar-refractivity contribution >= 4 is 11.9 Å². The van der Waals surface area contributed by atoms with Crippen LogP contribution >= 0.6 is 0 Å². The minimum atomic E-state index is -1.55. The predicted octanol–water partition coefficient (Wildman–Crippen LogP) is 5.30. The summed E-state index contributed by atoms with van der Waals surface area (Å²) >= 11 is 0. The van der Waals surface area contributed by atoms with Crippen LogP contribution in [-0.2, 0) is 15.1 Å². The van der Waals surface area contributed by atoms with E-state index in [2.05, 4.69) is 5.32 Å². The number of rotatable bonds is 9. The summed E-state index contributed by atoms with van der Waals surface area (Å²) in [6.45, 7) is 5.51. The highest BCUT2D eigenvalue weighted by atomic mass is 16.4. The fourth-order valence-electron chi connectivity index (χ4n) is 4.50. The van der Waals surface area contributed by atoms with Gasteiger partial charge in [0.15, 0.2) is 0 Å². The molecule has 0 unspecified atom stereocenters. The number of aliphatic carboxylic acids is 2. The van der Waals surface area contributed by atoms with Gasteiger partial charge in [-0.1, -0.05) is 112 Å². The van der Waals surface area contributed by atoms with Crippen LogP contribution in [0.4, 0.5) is 0 Å². The molecular formula is C28H31NO4. The normalized spacial score (nSPS) is 13.8. The summed E-state index contributed by atoms with van der Waals surface area (Å²) in [6.07, 6.45) is -0.347. The van der Waals surface area contributed by atoms with Crippen LogP contribution in [0.2, 0.25) is 0 Å². The van der Waals surface area contributed by atoms with Gasteiger partial charge in [-0.25, -0.2) is 0 Å². The number of carboxylic acids is 2. The number of carbonyl (C=O) groups is 2. The smallest absolute Gasteiger partial charge is 0.324 e. The van der Waals surface area contributed by atoms with Crippen molar-refractivity contribution in [3.63, 3.8) is 0 Å². The van der Waals surface area contributed by atoms with Crippen molar-refractivity contribution < 1.29 is 19.8 Å². The van der Waals surface area contributed by atoms with E-state index in [9.17, 15) is 19.8 Å². The number of carboxylic acid groups (broad SMARTS) is 2. The average Bonchev–Trinajstić information content (AvgIpc) is 2.80. The summed E-state index contributed by atoms with van der Waals surface area (Å²) in [5.41, 5.74) is -0.786. The third kappa shape index (κ3) is 4.69. The van der Waals surface area contributed by atoms with Gasteiger partial charge in [-0.3, -0.25) is 14.9 Å². The van der Waals surface area contributed by atoms with E-state index in [1.165, 1.54) is 0 Å². The van der Waals surface area contributed by atoms with Crippen LogP contribution in [0.5, 0.6) is 0 Å². The maximum atomic E-state index is 13.0. The molecule has 3 aromatic carbocycles. The van der Waals surface area contributed by atoms with Crippen molar-refractivity contribution in [1.29, 1.82) is 0 Å². The second-order valence-corrected chi connectivity index (χ2v) is 9.33. The van der Waals surface area contributed by atoms with Gasteiger partial charge in [0, 0.05) is 6.42 Å². The largest absolute Gasteiger partial charge is 0.481 e. The van der Waals surface area contributed by atoms with Gasteiger partial charge in [0.2, 0.25) is 0 Å². The molecule has 0 spiro atoms. The maximum Gasteiger partial charge on any atom is 0.324 e. The zero-order valence-electron chi connectivity index (χ0n) is 19.3. The molecule has 172 valence electrons. The third-order valence-corrected chi connectivity index (χ3v) is 6.38. The van der Waals surface area contributed by atoms with Crippen LogP contribution in [0.25, 0.3) is 0 Å². The Bertz CT molecular complexity index is 978. The van der Waals surface area contributed by atoms with Crippen molar-refractivity contribution in [1.82, 2.24) is 5.32 Å². The van der Waals surface area contributed by atoms with E-state index >= 15 is 0 Å². The van der Waals surface area contributed by atoms with Gasteiger partial charge in [-0.05, 0) is 28.5 Å². The molecule has 1 atom stereocenters. The van der Waals surface area contributed by atoms with E-state index in [1.807, 2.05) is 112 Å². The maximum absolute atomic E-state index is 13.0. The molecule has 3 aromatic rings. The number of hydrogen-bond donors (Lipinski definition) is 3. The summed E-state index contributed by atoms with van der Waals surface area (Å²) in [6, 6.07) is 29.1. The van der Waals surface area contributed by atoms with E-state index in [0.29, 0.717) is 0 Å². The van der Waals surface area contributed by atoms with Crippen LogP contribution in [0.15, 0.2) is 91.0 Å². The van der Waals surface area contributed by atoms with E-state index in [1.54, 1.807) is 0 Å².